The van der Waals surface area contributed by atoms with E-state index in [0.717, 1.165) is 16.3 Å². The monoisotopic (exact) mass is 429 g/mol. The van der Waals surface area contributed by atoms with Gasteiger partial charge < -0.3 is 9.72 Å². The molecule has 0 saturated carbocycles. The highest BCUT2D eigenvalue weighted by atomic mass is 32.3. The molecule has 4 aromatic rings. The van der Waals surface area contributed by atoms with Gasteiger partial charge >= 0.3 is 0 Å². The van der Waals surface area contributed by atoms with E-state index in [1.807, 2.05) is 24.3 Å². The van der Waals surface area contributed by atoms with Crippen LogP contribution in [0, 0.1) is 6.92 Å². The molecule has 0 aliphatic rings. The highest BCUT2D eigenvalue weighted by molar-refractivity contribution is 8.33. The smallest absolute Gasteiger partial charge is 0.182 e. The minimum atomic E-state index is -1.69. The molecule has 0 saturated heterocycles. The maximum absolute atomic E-state index is 12.3. The van der Waals surface area contributed by atoms with Gasteiger partial charge in [0.1, 0.15) is 0 Å². The number of aromatic amines is 1. The molecule has 3 aromatic carbocycles. The second-order valence-corrected chi connectivity index (χ2v) is 10.9. The van der Waals surface area contributed by atoms with Crippen LogP contribution in [0.15, 0.2) is 118 Å². The summed E-state index contributed by atoms with van der Waals surface area (Å²) in [5, 5.41) is 0.945. The van der Waals surface area contributed by atoms with Gasteiger partial charge in [-0.1, -0.05) is 78.4 Å². The molecule has 3 nitrogen and oxygen atoms in total. The quantitative estimate of drug-likeness (QED) is 0.358. The Bertz CT molecular complexity index is 1160. The molecule has 1 aromatic heterocycles. The van der Waals surface area contributed by atoms with Crippen LogP contribution in [-0.2, 0) is 17.1 Å². The Kier molecular flexibility index (Phi) is 6.70. The van der Waals surface area contributed by atoms with Crippen LogP contribution in [-0.4, -0.2) is 10.9 Å². The van der Waals surface area contributed by atoms with Crippen molar-refractivity contribution in [1.82, 2.24) is 4.98 Å². The minimum Gasteiger partial charge on any atom is -0.367 e. The molecule has 0 fully saturated rings. The molecule has 0 bridgehead atoms. The second kappa shape index (κ2) is 9.82. The first-order chi connectivity index (χ1) is 15.2. The zero-order valence-electron chi connectivity index (χ0n) is 17.7. The van der Waals surface area contributed by atoms with Crippen LogP contribution >= 0.6 is 10.0 Å². The number of hydrogen-bond acceptors (Lipinski definition) is 2. The van der Waals surface area contributed by atoms with E-state index >= 15 is 0 Å². The van der Waals surface area contributed by atoms with Crippen molar-refractivity contribution < 1.29 is 4.74 Å². The fourth-order valence-corrected chi connectivity index (χ4v) is 6.99. The molecule has 0 aliphatic heterocycles. The Morgan fingerprint density at radius 1 is 0.806 bits per heavy atom. The van der Waals surface area contributed by atoms with E-state index < -0.39 is 10.0 Å². The van der Waals surface area contributed by atoms with Crippen LogP contribution in [0.5, 0.6) is 0 Å². The predicted octanol–water partition coefficient (Wildman–Crippen LogP) is 6.28. The summed E-state index contributed by atoms with van der Waals surface area (Å²) < 4.78 is 6.35. The molecule has 0 amide bonds. The van der Waals surface area contributed by atoms with Gasteiger partial charge in [0.15, 0.2) is 5.43 Å². The number of rotatable bonds is 8. The van der Waals surface area contributed by atoms with E-state index in [1.54, 1.807) is 18.3 Å². The lowest BCUT2D eigenvalue weighted by Crippen LogP contribution is -2.16. The molecule has 4 rings (SSSR count). The average Bonchev–Trinajstić information content (AvgIpc) is 2.80. The molecular weight excluding hydrogens is 402 g/mol. The van der Waals surface area contributed by atoms with Gasteiger partial charge in [-0.3, -0.25) is 4.79 Å². The number of benzene rings is 3. The maximum atomic E-state index is 12.3. The summed E-state index contributed by atoms with van der Waals surface area (Å²) in [4.78, 5) is 16.9. The molecule has 0 aliphatic carbocycles. The van der Waals surface area contributed by atoms with Crippen molar-refractivity contribution in [2.24, 2.45) is 0 Å². The van der Waals surface area contributed by atoms with Crippen molar-refractivity contribution in [2.75, 3.05) is 5.94 Å². The molecule has 158 valence electrons. The first-order valence-corrected chi connectivity index (χ1v) is 12.3. The Morgan fingerprint density at radius 2 is 1.45 bits per heavy atom. The molecule has 0 spiro atoms. The van der Waals surface area contributed by atoms with Crippen molar-refractivity contribution in [2.45, 2.75) is 29.2 Å². The summed E-state index contributed by atoms with van der Waals surface area (Å²) in [7, 11) is -1.69. The van der Waals surface area contributed by atoms with E-state index in [-0.39, 0.29) is 5.43 Å². The number of H-pyrrole nitrogens is 1. The van der Waals surface area contributed by atoms with Crippen LogP contribution in [0.1, 0.15) is 16.7 Å². The van der Waals surface area contributed by atoms with E-state index in [1.165, 1.54) is 16.0 Å². The lowest BCUT2D eigenvalue weighted by Gasteiger charge is -2.40. The van der Waals surface area contributed by atoms with E-state index in [9.17, 15) is 4.79 Å². The van der Waals surface area contributed by atoms with Gasteiger partial charge in [-0.25, -0.2) is 0 Å². The molecule has 1 heterocycles. The molecule has 1 unspecified atom stereocenters. The molecule has 31 heavy (non-hydrogen) atoms. The van der Waals surface area contributed by atoms with Gasteiger partial charge in [0.2, 0.25) is 0 Å². The highest BCUT2D eigenvalue weighted by Gasteiger charge is 2.31. The number of hydrogen-bond donors (Lipinski definition) is 1. The lowest BCUT2D eigenvalue weighted by atomic mass is 10.2. The summed E-state index contributed by atoms with van der Waals surface area (Å²) >= 11 is 0. The van der Waals surface area contributed by atoms with Gasteiger partial charge in [0.25, 0.3) is 0 Å². The van der Waals surface area contributed by atoms with Crippen LogP contribution < -0.4 is 5.43 Å². The molecule has 1 N–H and O–H groups in total. The Balaban J connectivity index is 1.78. The Labute approximate surface area is 185 Å². The zero-order chi connectivity index (χ0) is 21.5. The van der Waals surface area contributed by atoms with Crippen molar-refractivity contribution in [3.8, 4) is 0 Å². The normalized spacial score (nSPS) is 14.0. The van der Waals surface area contributed by atoms with Gasteiger partial charge in [0, 0.05) is 24.1 Å². The van der Waals surface area contributed by atoms with Crippen molar-refractivity contribution >= 4 is 10.0 Å². The van der Waals surface area contributed by atoms with Crippen LogP contribution in [0.2, 0.25) is 0 Å². The third kappa shape index (κ3) is 5.16. The fourth-order valence-electron chi connectivity index (χ4n) is 3.65. The zero-order valence-corrected chi connectivity index (χ0v) is 18.5. The summed E-state index contributed by atoms with van der Waals surface area (Å²) in [6, 6.07) is 32.6. The molecule has 4 heteroatoms. The van der Waals surface area contributed by atoms with Crippen LogP contribution in [0.4, 0.5) is 0 Å². The molecular formula is C27H27NO2S. The minimum absolute atomic E-state index is 0.00820. The standard InChI is InChI=1S/C27H27NO2S/c1-22-12-14-26(15-13-22)31(20-24-10-6-3-7-11-24,27-18-25(29)16-17-28-27)21-30-19-23-8-4-2-5-9-23/h2-18H,19-21H2,1H3,(H,28,29). The Hall–Kier alpha value is -3.08. The predicted molar refractivity (Wildman–Crippen MR) is 129 cm³/mol. The van der Waals surface area contributed by atoms with Crippen molar-refractivity contribution in [3.63, 3.8) is 0 Å². The van der Waals surface area contributed by atoms with Crippen molar-refractivity contribution in [3.05, 3.63) is 130 Å². The average molecular weight is 430 g/mol. The third-order valence-corrected chi connectivity index (χ3v) is 8.94. The molecule has 0 radical (unpaired) electrons. The first kappa shape index (κ1) is 21.2. The Morgan fingerprint density at radius 3 is 2.10 bits per heavy atom. The summed E-state index contributed by atoms with van der Waals surface area (Å²) in [6.07, 6.45) is 1.75. The van der Waals surface area contributed by atoms with Crippen LogP contribution in [0.25, 0.3) is 0 Å². The van der Waals surface area contributed by atoms with Gasteiger partial charge in [-0.15, -0.1) is 10.0 Å². The van der Waals surface area contributed by atoms with Crippen molar-refractivity contribution in [1.29, 1.82) is 0 Å². The summed E-state index contributed by atoms with van der Waals surface area (Å²) in [6.45, 7) is 2.63. The number of pyridine rings is 1. The van der Waals surface area contributed by atoms with E-state index in [0.29, 0.717) is 12.5 Å². The maximum Gasteiger partial charge on any atom is 0.182 e. The fraction of sp³-hybridized carbons (Fsp3) is 0.148. The third-order valence-electron chi connectivity index (χ3n) is 5.29. The largest absolute Gasteiger partial charge is 0.367 e. The number of ether oxygens (including phenoxy) is 1. The first-order valence-electron chi connectivity index (χ1n) is 10.4. The van der Waals surface area contributed by atoms with E-state index in [4.69, 9.17) is 4.74 Å². The second-order valence-electron chi connectivity index (χ2n) is 7.67. The summed E-state index contributed by atoms with van der Waals surface area (Å²) in [5.41, 5.74) is 3.59. The number of nitrogens with one attached hydrogen (secondary N) is 1. The summed E-state index contributed by atoms with van der Waals surface area (Å²) in [5.74, 6) is 1.32. The highest BCUT2D eigenvalue weighted by Crippen LogP contribution is 2.63. The number of aryl methyl sites for hydroxylation is 1. The number of aromatic nitrogens is 1. The van der Waals surface area contributed by atoms with Crippen LogP contribution in [0.3, 0.4) is 0 Å². The SMILES string of the molecule is Cc1ccc(S(COCc2ccccc2)(Cc2ccccc2)c2cc(=O)cc[nH]2)cc1. The van der Waals surface area contributed by atoms with Gasteiger partial charge in [-0.05, 0) is 35.1 Å². The molecule has 1 atom stereocenters. The lowest BCUT2D eigenvalue weighted by molar-refractivity contribution is 0.166. The topological polar surface area (TPSA) is 42.1 Å². The van der Waals surface area contributed by atoms with Gasteiger partial charge in [-0.2, -0.15) is 0 Å². The van der Waals surface area contributed by atoms with E-state index in [2.05, 4.69) is 72.6 Å². The van der Waals surface area contributed by atoms with Gasteiger partial charge in [0.05, 0.1) is 17.6 Å².